The van der Waals surface area contributed by atoms with Crippen molar-refractivity contribution in [3.8, 4) is 0 Å². The summed E-state index contributed by atoms with van der Waals surface area (Å²) < 4.78 is 5.48. The van der Waals surface area contributed by atoms with E-state index < -0.39 is 12.1 Å². The van der Waals surface area contributed by atoms with Crippen LogP contribution in [-0.2, 0) is 14.3 Å². The molecule has 460 valence electrons. The van der Waals surface area contributed by atoms with Crippen molar-refractivity contribution in [3.63, 3.8) is 0 Å². The molecule has 0 rings (SSSR count). The SMILES string of the molecule is CCCC/C=C\C/C=C\CCCCCCCC(=O)OCCCCCCCCCCCCCCCCCCCCCCCCCCCC(=O)NC(CO)C(O)/C=C/CCCCCCCCCCCCCCCCCCCCCC. The van der Waals surface area contributed by atoms with Crippen LogP contribution in [0.5, 0.6) is 0 Å². The van der Waals surface area contributed by atoms with Crippen molar-refractivity contribution in [2.24, 2.45) is 0 Å². The highest BCUT2D eigenvalue weighted by Crippen LogP contribution is 2.19. The number of carbonyl (C=O) groups is 2. The summed E-state index contributed by atoms with van der Waals surface area (Å²) in [6.45, 7) is 4.89. The average Bonchev–Trinajstić information content (AvgIpc) is 3.44. The lowest BCUT2D eigenvalue weighted by Crippen LogP contribution is -2.45. The van der Waals surface area contributed by atoms with Gasteiger partial charge in [-0.15, -0.1) is 0 Å². The van der Waals surface area contributed by atoms with Crippen LogP contribution in [0.1, 0.15) is 386 Å². The summed E-state index contributed by atoms with van der Waals surface area (Å²) in [7, 11) is 0. The van der Waals surface area contributed by atoms with Gasteiger partial charge in [-0.1, -0.05) is 352 Å². The van der Waals surface area contributed by atoms with Crippen LogP contribution in [0.4, 0.5) is 0 Å². The van der Waals surface area contributed by atoms with Crippen LogP contribution in [0.15, 0.2) is 36.5 Å². The maximum atomic E-state index is 12.5. The van der Waals surface area contributed by atoms with E-state index >= 15 is 0 Å². The third kappa shape index (κ3) is 63.3. The molecular formula is C72H137NO5. The maximum Gasteiger partial charge on any atom is 0.305 e. The molecule has 0 aliphatic rings. The molecule has 0 aliphatic carbocycles. The average molecular weight is 1100 g/mol. The molecule has 2 unspecified atom stereocenters. The first-order chi connectivity index (χ1) is 38.5. The van der Waals surface area contributed by atoms with Crippen molar-refractivity contribution in [3.05, 3.63) is 36.5 Å². The molecule has 0 heterocycles. The number of hydrogen-bond acceptors (Lipinski definition) is 5. The van der Waals surface area contributed by atoms with Gasteiger partial charge in [-0.25, -0.2) is 0 Å². The number of allylic oxidation sites excluding steroid dienone is 5. The zero-order valence-electron chi connectivity index (χ0n) is 52.7. The number of hydrogen-bond donors (Lipinski definition) is 3. The van der Waals surface area contributed by atoms with Gasteiger partial charge in [0.1, 0.15) is 0 Å². The Morgan fingerprint density at radius 3 is 1.01 bits per heavy atom. The Bertz CT molecular complexity index is 1260. The first kappa shape index (κ1) is 76.1. The minimum absolute atomic E-state index is 0.00176. The summed E-state index contributed by atoms with van der Waals surface area (Å²) in [4.78, 5) is 24.6. The van der Waals surface area contributed by atoms with Crippen LogP contribution >= 0.6 is 0 Å². The van der Waals surface area contributed by atoms with E-state index in [1.807, 2.05) is 6.08 Å². The van der Waals surface area contributed by atoms with Crippen molar-refractivity contribution in [1.29, 1.82) is 0 Å². The molecule has 0 radical (unpaired) electrons. The zero-order valence-corrected chi connectivity index (χ0v) is 52.7. The number of unbranched alkanes of at least 4 members (excludes halogenated alkanes) is 51. The van der Waals surface area contributed by atoms with Crippen LogP contribution < -0.4 is 5.32 Å². The molecule has 6 nitrogen and oxygen atoms in total. The smallest absolute Gasteiger partial charge is 0.305 e. The number of nitrogens with one attached hydrogen (secondary N) is 1. The largest absolute Gasteiger partial charge is 0.466 e. The van der Waals surface area contributed by atoms with Gasteiger partial charge in [0.25, 0.3) is 0 Å². The molecule has 1 amide bonds. The van der Waals surface area contributed by atoms with E-state index in [1.165, 1.54) is 308 Å². The predicted molar refractivity (Wildman–Crippen MR) is 343 cm³/mol. The summed E-state index contributed by atoms with van der Waals surface area (Å²) in [6.07, 6.45) is 86.5. The van der Waals surface area contributed by atoms with E-state index in [9.17, 15) is 19.8 Å². The van der Waals surface area contributed by atoms with E-state index in [0.29, 0.717) is 19.4 Å². The van der Waals surface area contributed by atoms with Crippen LogP contribution in [0.25, 0.3) is 0 Å². The summed E-state index contributed by atoms with van der Waals surface area (Å²) in [5, 5.41) is 23.3. The second-order valence-corrected chi connectivity index (χ2v) is 24.2. The Labute approximate surface area is 487 Å². The van der Waals surface area contributed by atoms with Crippen LogP contribution in [-0.4, -0.2) is 47.4 Å². The number of amides is 1. The zero-order chi connectivity index (χ0) is 56.4. The fourth-order valence-corrected chi connectivity index (χ4v) is 11.0. The van der Waals surface area contributed by atoms with Gasteiger partial charge in [-0.05, 0) is 57.8 Å². The summed E-state index contributed by atoms with van der Waals surface area (Å²) >= 11 is 0. The second kappa shape index (κ2) is 67.6. The Morgan fingerprint density at radius 1 is 0.359 bits per heavy atom. The summed E-state index contributed by atoms with van der Waals surface area (Å²) in [5.74, 6) is -0.0608. The monoisotopic (exact) mass is 1100 g/mol. The van der Waals surface area contributed by atoms with Gasteiger partial charge in [-0.3, -0.25) is 9.59 Å². The number of esters is 1. The molecule has 0 saturated heterocycles. The number of aliphatic hydroxyl groups excluding tert-OH is 2. The van der Waals surface area contributed by atoms with Crippen LogP contribution in [0.3, 0.4) is 0 Å². The van der Waals surface area contributed by atoms with E-state index in [4.69, 9.17) is 4.74 Å². The minimum Gasteiger partial charge on any atom is -0.466 e. The molecule has 0 aromatic carbocycles. The summed E-state index contributed by atoms with van der Waals surface area (Å²) in [5.41, 5.74) is 0. The number of carbonyl (C=O) groups excluding carboxylic acids is 2. The molecule has 6 heteroatoms. The lowest BCUT2D eigenvalue weighted by Gasteiger charge is -2.20. The van der Waals surface area contributed by atoms with Crippen molar-refractivity contribution >= 4 is 11.9 Å². The van der Waals surface area contributed by atoms with E-state index in [-0.39, 0.29) is 18.5 Å². The van der Waals surface area contributed by atoms with Gasteiger partial charge in [0.2, 0.25) is 5.91 Å². The molecular weight excluding hydrogens is 959 g/mol. The number of ether oxygens (including phenoxy) is 1. The van der Waals surface area contributed by atoms with Crippen molar-refractivity contribution in [2.75, 3.05) is 13.2 Å². The Hall–Kier alpha value is -1.92. The lowest BCUT2D eigenvalue weighted by atomic mass is 10.0. The van der Waals surface area contributed by atoms with Crippen molar-refractivity contribution in [1.82, 2.24) is 5.32 Å². The van der Waals surface area contributed by atoms with E-state index in [0.717, 1.165) is 51.4 Å². The molecule has 3 N–H and O–H groups in total. The Morgan fingerprint density at radius 2 is 0.654 bits per heavy atom. The molecule has 0 aromatic rings. The molecule has 0 aromatic heterocycles. The topological polar surface area (TPSA) is 95.9 Å². The quantitative estimate of drug-likeness (QED) is 0.0320. The van der Waals surface area contributed by atoms with Crippen molar-refractivity contribution in [2.45, 2.75) is 398 Å². The Balaban J connectivity index is 3.40. The molecule has 0 bridgehead atoms. The van der Waals surface area contributed by atoms with Gasteiger partial charge in [0, 0.05) is 12.8 Å². The predicted octanol–water partition coefficient (Wildman–Crippen LogP) is 22.7. The highest BCUT2D eigenvalue weighted by Gasteiger charge is 2.18. The molecule has 0 saturated carbocycles. The molecule has 78 heavy (non-hydrogen) atoms. The van der Waals surface area contributed by atoms with Gasteiger partial charge >= 0.3 is 5.97 Å². The van der Waals surface area contributed by atoms with Gasteiger partial charge in [0.15, 0.2) is 0 Å². The van der Waals surface area contributed by atoms with E-state index in [1.54, 1.807) is 6.08 Å². The maximum absolute atomic E-state index is 12.5. The highest BCUT2D eigenvalue weighted by atomic mass is 16.5. The summed E-state index contributed by atoms with van der Waals surface area (Å²) in [6, 6.07) is -0.628. The van der Waals surface area contributed by atoms with Gasteiger partial charge in [0.05, 0.1) is 25.4 Å². The fraction of sp³-hybridized carbons (Fsp3) is 0.889. The fourth-order valence-electron chi connectivity index (χ4n) is 11.0. The van der Waals surface area contributed by atoms with Crippen LogP contribution in [0.2, 0.25) is 0 Å². The number of aliphatic hydroxyl groups is 2. The lowest BCUT2D eigenvalue weighted by molar-refractivity contribution is -0.143. The third-order valence-electron chi connectivity index (χ3n) is 16.4. The highest BCUT2D eigenvalue weighted by molar-refractivity contribution is 5.76. The van der Waals surface area contributed by atoms with Crippen LogP contribution in [0, 0.1) is 0 Å². The Kier molecular flexibility index (Phi) is 65.9. The standard InChI is InChI=1S/C72H137NO5/c1-3-5-7-9-11-13-15-17-19-20-21-22-28-31-34-37-40-44-48-52-56-60-64-70(75)69(68-74)73-71(76)65-61-57-53-49-45-41-38-35-32-29-26-24-23-25-27-30-33-36-39-43-47-51-55-59-63-67-78-72(77)66-62-58-54-50-46-42-18-16-14-12-10-8-6-4-2/h10,12,16,18,60,64,69-70,74-75H,3-9,11,13-15,17,19-59,61-63,65-68H2,1-2H3,(H,73,76)/b12-10-,18-16-,64-60+. The molecule has 0 fully saturated rings. The van der Waals surface area contributed by atoms with E-state index in [2.05, 4.69) is 43.5 Å². The minimum atomic E-state index is -0.845. The van der Waals surface area contributed by atoms with Gasteiger partial charge in [-0.2, -0.15) is 0 Å². The number of rotatable bonds is 66. The first-order valence-corrected chi connectivity index (χ1v) is 35.3. The van der Waals surface area contributed by atoms with Gasteiger partial charge < -0.3 is 20.3 Å². The molecule has 0 spiro atoms. The van der Waals surface area contributed by atoms with Crippen molar-refractivity contribution < 1.29 is 24.5 Å². The first-order valence-electron chi connectivity index (χ1n) is 35.3. The molecule has 2 atom stereocenters. The molecule has 0 aliphatic heterocycles. The normalized spacial score (nSPS) is 12.7. The third-order valence-corrected chi connectivity index (χ3v) is 16.4. The second-order valence-electron chi connectivity index (χ2n) is 24.2.